The highest BCUT2D eigenvalue weighted by Crippen LogP contribution is 2.21. The lowest BCUT2D eigenvalue weighted by molar-refractivity contribution is -0.618. The maximum Gasteiger partial charge on any atom is 0.265 e. The molecule has 2 aromatic carbocycles. The van der Waals surface area contributed by atoms with Crippen LogP contribution in [0.2, 0.25) is 0 Å². The number of para-hydroxylation sites is 1. The summed E-state index contributed by atoms with van der Waals surface area (Å²) in [5, 5.41) is 3.15. The normalized spacial score (nSPS) is 13.0. The highest BCUT2D eigenvalue weighted by Gasteiger charge is 2.28. The predicted octanol–water partition coefficient (Wildman–Crippen LogP) is 3.04. The molecule has 0 bridgehead atoms. The third-order valence-corrected chi connectivity index (χ3v) is 4.08. The first-order valence-corrected chi connectivity index (χ1v) is 7.85. The zero-order valence-electron chi connectivity index (χ0n) is 13.3. The number of anilines is 2. The fraction of sp³-hybridized carbons (Fsp3) is 0.105. The van der Waals surface area contributed by atoms with Gasteiger partial charge >= 0.3 is 0 Å². The summed E-state index contributed by atoms with van der Waals surface area (Å²) < 4.78 is 1.93. The van der Waals surface area contributed by atoms with Gasteiger partial charge in [-0.3, -0.25) is 4.79 Å². The quantitative estimate of drug-likeness (QED) is 0.729. The standard InChI is InChI=1S/C19H16N4O/c1-20-14-10-11-15-17(12-14)23(22-13-6-3-2-4-7-13)16-8-5-9-18(24)19(16)21-15/h2-8,10-12,22H,9H2,1H3/p+1. The minimum Gasteiger partial charge on any atom is -0.388 e. The lowest BCUT2D eigenvalue weighted by atomic mass is 10.1. The summed E-state index contributed by atoms with van der Waals surface area (Å²) in [5.74, 6) is 0.0377. The SMILES string of the molecule is CNc1ccc2nc3c([n+](Nc4ccccc4)c2c1)C=CCC3=O. The molecule has 4 rings (SSSR count). The van der Waals surface area contributed by atoms with Crippen LogP contribution in [0.1, 0.15) is 22.6 Å². The average molecular weight is 317 g/mol. The molecule has 0 atom stereocenters. The highest BCUT2D eigenvalue weighted by molar-refractivity contribution is 6.01. The molecule has 0 amide bonds. The second kappa shape index (κ2) is 5.77. The Balaban J connectivity index is 1.99. The lowest BCUT2D eigenvalue weighted by Crippen LogP contribution is -2.48. The highest BCUT2D eigenvalue weighted by atomic mass is 16.1. The molecule has 24 heavy (non-hydrogen) atoms. The zero-order chi connectivity index (χ0) is 16.5. The lowest BCUT2D eigenvalue weighted by Gasteiger charge is -2.12. The van der Waals surface area contributed by atoms with Gasteiger partial charge in [0.05, 0.1) is 5.69 Å². The maximum atomic E-state index is 12.3. The molecule has 0 spiro atoms. The van der Waals surface area contributed by atoms with Gasteiger partial charge in [0.2, 0.25) is 0 Å². The van der Waals surface area contributed by atoms with Crippen LogP contribution in [0, 0.1) is 0 Å². The number of aromatic nitrogens is 2. The molecule has 0 saturated heterocycles. The Bertz CT molecular complexity index is 964. The number of benzene rings is 2. The maximum absolute atomic E-state index is 12.3. The second-order valence-corrected chi connectivity index (χ2v) is 5.64. The molecule has 1 aromatic heterocycles. The summed E-state index contributed by atoms with van der Waals surface area (Å²) in [6, 6.07) is 15.8. The van der Waals surface area contributed by atoms with Gasteiger partial charge in [0, 0.05) is 31.3 Å². The first kappa shape index (κ1) is 14.4. The van der Waals surface area contributed by atoms with Crippen molar-refractivity contribution < 1.29 is 9.47 Å². The summed E-state index contributed by atoms with van der Waals surface area (Å²) in [7, 11) is 1.88. The topological polar surface area (TPSA) is 57.9 Å². The molecule has 0 saturated carbocycles. The van der Waals surface area contributed by atoms with E-state index in [0.29, 0.717) is 12.1 Å². The van der Waals surface area contributed by atoms with Crippen molar-refractivity contribution in [1.82, 2.24) is 4.98 Å². The molecule has 1 heterocycles. The van der Waals surface area contributed by atoms with Gasteiger partial charge in [-0.2, -0.15) is 5.43 Å². The minimum absolute atomic E-state index is 0.0377. The summed E-state index contributed by atoms with van der Waals surface area (Å²) >= 11 is 0. The van der Waals surface area contributed by atoms with Crippen molar-refractivity contribution in [3.8, 4) is 0 Å². The minimum atomic E-state index is 0.0377. The number of carbonyl (C=O) groups excluding carboxylic acids is 1. The predicted molar refractivity (Wildman–Crippen MR) is 94.9 cm³/mol. The van der Waals surface area contributed by atoms with Crippen molar-refractivity contribution in [2.45, 2.75) is 6.42 Å². The van der Waals surface area contributed by atoms with Crippen molar-refractivity contribution in [1.29, 1.82) is 0 Å². The van der Waals surface area contributed by atoms with Gasteiger partial charge in [0.25, 0.3) is 11.2 Å². The number of hydrogen-bond acceptors (Lipinski definition) is 4. The van der Waals surface area contributed by atoms with Crippen LogP contribution in [0.5, 0.6) is 0 Å². The Morgan fingerprint density at radius 1 is 1.08 bits per heavy atom. The van der Waals surface area contributed by atoms with Crippen molar-refractivity contribution in [2.75, 3.05) is 17.8 Å². The Morgan fingerprint density at radius 3 is 2.71 bits per heavy atom. The molecule has 5 heteroatoms. The number of carbonyl (C=O) groups is 1. The van der Waals surface area contributed by atoms with Crippen molar-refractivity contribution in [3.63, 3.8) is 0 Å². The van der Waals surface area contributed by atoms with Crippen LogP contribution in [0.15, 0.2) is 54.6 Å². The molecule has 3 aromatic rings. The Hall–Kier alpha value is -3.21. The number of nitrogens with one attached hydrogen (secondary N) is 2. The molecule has 5 nitrogen and oxygen atoms in total. The van der Waals surface area contributed by atoms with Gasteiger partial charge in [-0.15, -0.1) is 0 Å². The fourth-order valence-corrected chi connectivity index (χ4v) is 2.86. The molecule has 2 N–H and O–H groups in total. The van der Waals surface area contributed by atoms with Crippen LogP contribution in [0.25, 0.3) is 17.1 Å². The number of ketones is 1. The van der Waals surface area contributed by atoms with Gasteiger partial charge in [0.15, 0.2) is 11.5 Å². The number of Topliss-reactive ketones (excluding diaryl/α,β-unsaturated/α-hetero) is 1. The van der Waals surface area contributed by atoms with Crippen molar-refractivity contribution >= 4 is 34.3 Å². The van der Waals surface area contributed by atoms with Crippen molar-refractivity contribution in [2.24, 2.45) is 0 Å². The molecule has 0 radical (unpaired) electrons. The van der Waals surface area contributed by atoms with E-state index >= 15 is 0 Å². The van der Waals surface area contributed by atoms with Crippen LogP contribution in [0.4, 0.5) is 11.4 Å². The molecule has 0 aliphatic heterocycles. The molecular weight excluding hydrogens is 300 g/mol. The number of hydrogen-bond donors (Lipinski definition) is 2. The Kier molecular flexibility index (Phi) is 3.46. The number of fused-ring (bicyclic) bond motifs is 2. The van der Waals surface area contributed by atoms with E-state index in [-0.39, 0.29) is 5.78 Å². The number of allylic oxidation sites excluding steroid dienone is 1. The Morgan fingerprint density at radius 2 is 1.92 bits per heavy atom. The van der Waals surface area contributed by atoms with Crippen LogP contribution in [-0.4, -0.2) is 17.8 Å². The van der Waals surface area contributed by atoms with E-state index in [9.17, 15) is 4.79 Å². The Labute approximate surface area is 139 Å². The number of rotatable bonds is 3. The van der Waals surface area contributed by atoms with E-state index in [1.165, 1.54) is 0 Å². The van der Waals surface area contributed by atoms with Gasteiger partial charge in [-0.25, -0.2) is 4.98 Å². The van der Waals surface area contributed by atoms with E-state index < -0.39 is 0 Å². The fourth-order valence-electron chi connectivity index (χ4n) is 2.86. The summed E-state index contributed by atoms with van der Waals surface area (Å²) in [5.41, 5.74) is 8.28. The van der Waals surface area contributed by atoms with Crippen LogP contribution < -0.4 is 15.4 Å². The monoisotopic (exact) mass is 317 g/mol. The summed E-state index contributed by atoms with van der Waals surface area (Å²) in [6.07, 6.45) is 4.22. The number of nitrogens with zero attached hydrogens (tertiary/aromatic N) is 2. The second-order valence-electron chi connectivity index (χ2n) is 5.64. The van der Waals surface area contributed by atoms with Crippen LogP contribution in [-0.2, 0) is 0 Å². The molecule has 0 fully saturated rings. The van der Waals surface area contributed by atoms with Gasteiger partial charge in [-0.05, 0) is 24.3 Å². The van der Waals surface area contributed by atoms with Crippen LogP contribution >= 0.6 is 0 Å². The molecule has 118 valence electrons. The largest absolute Gasteiger partial charge is 0.388 e. The zero-order valence-corrected chi connectivity index (χ0v) is 13.3. The van der Waals surface area contributed by atoms with Crippen LogP contribution in [0.3, 0.4) is 0 Å². The van der Waals surface area contributed by atoms with E-state index in [1.54, 1.807) is 0 Å². The van der Waals surface area contributed by atoms with E-state index in [1.807, 2.05) is 72.4 Å². The van der Waals surface area contributed by atoms with Gasteiger partial charge in [-0.1, -0.05) is 29.0 Å². The molecule has 1 aliphatic rings. The third kappa shape index (κ3) is 2.40. The first-order valence-electron chi connectivity index (χ1n) is 7.85. The third-order valence-electron chi connectivity index (χ3n) is 4.08. The van der Waals surface area contributed by atoms with E-state index in [4.69, 9.17) is 0 Å². The summed E-state index contributed by atoms with van der Waals surface area (Å²) in [4.78, 5) is 16.9. The average Bonchev–Trinajstić information content (AvgIpc) is 2.63. The van der Waals surface area contributed by atoms with Gasteiger partial charge in [0.1, 0.15) is 5.52 Å². The first-order chi connectivity index (χ1) is 11.8. The van der Waals surface area contributed by atoms with Crippen molar-refractivity contribution in [3.05, 3.63) is 66.0 Å². The summed E-state index contributed by atoms with van der Waals surface area (Å²) in [6.45, 7) is 0. The smallest absolute Gasteiger partial charge is 0.265 e. The van der Waals surface area contributed by atoms with E-state index in [0.717, 1.165) is 28.1 Å². The van der Waals surface area contributed by atoms with Gasteiger partial charge < -0.3 is 5.32 Å². The molecular formula is C19H17N4O+. The van der Waals surface area contributed by atoms with E-state index in [2.05, 4.69) is 15.7 Å². The molecule has 0 unspecified atom stereocenters. The molecule has 1 aliphatic carbocycles.